The number of rotatable bonds is 10. The van der Waals surface area contributed by atoms with Gasteiger partial charge in [0.15, 0.2) is 0 Å². The van der Waals surface area contributed by atoms with Gasteiger partial charge < -0.3 is 4.74 Å². The van der Waals surface area contributed by atoms with Crippen LogP contribution in [0.3, 0.4) is 0 Å². The average molecular weight is 483 g/mol. The van der Waals surface area contributed by atoms with Gasteiger partial charge in [0, 0.05) is 18.3 Å². The minimum absolute atomic E-state index is 0.315. The quantitative estimate of drug-likeness (QED) is 0.365. The van der Waals surface area contributed by atoms with Crippen LogP contribution in [0.2, 0.25) is 0 Å². The first kappa shape index (κ1) is 26.5. The van der Waals surface area contributed by atoms with Gasteiger partial charge in [0.05, 0.1) is 0 Å². The van der Waals surface area contributed by atoms with E-state index >= 15 is 0 Å². The topological polar surface area (TPSA) is 41.6 Å². The molecule has 0 bridgehead atoms. The van der Waals surface area contributed by atoms with Crippen LogP contribution in [0.4, 0.5) is 10.5 Å². The summed E-state index contributed by atoms with van der Waals surface area (Å²) < 4.78 is 5.68. The zero-order valence-corrected chi connectivity index (χ0v) is 22.3. The molecule has 4 rings (SSSR count). The summed E-state index contributed by atoms with van der Waals surface area (Å²) in [6.45, 7) is 4.68. The highest BCUT2D eigenvalue weighted by Gasteiger charge is 2.35. The van der Waals surface area contributed by atoms with Gasteiger partial charge >= 0.3 is 6.09 Å². The summed E-state index contributed by atoms with van der Waals surface area (Å²) in [5.74, 6) is 2.84. The lowest BCUT2D eigenvalue weighted by atomic mass is 9.67. The number of nitrogens with one attached hydrogen (secondary N) is 1. The molecule has 0 spiro atoms. The van der Waals surface area contributed by atoms with Crippen molar-refractivity contribution in [2.75, 3.05) is 25.0 Å². The van der Waals surface area contributed by atoms with E-state index in [2.05, 4.69) is 23.2 Å². The molecule has 1 aromatic rings. The molecular formula is C31H50N2O2. The Hall–Kier alpha value is -1.55. The SMILES string of the molecule is CCCc1ccccc1NC(=O)OCCN1CCCCC1CC(C1CCCCC1)C1CCCCC1. The second-order valence-corrected chi connectivity index (χ2v) is 11.5. The van der Waals surface area contributed by atoms with Crippen LogP contribution in [0.25, 0.3) is 0 Å². The normalized spacial score (nSPS) is 22.9. The van der Waals surface area contributed by atoms with E-state index in [9.17, 15) is 4.79 Å². The van der Waals surface area contributed by atoms with Crippen molar-refractivity contribution in [1.29, 1.82) is 0 Å². The number of aryl methyl sites for hydroxylation is 1. The maximum atomic E-state index is 12.5. The average Bonchev–Trinajstić information content (AvgIpc) is 2.90. The Bertz CT molecular complexity index is 736. The van der Waals surface area contributed by atoms with Crippen LogP contribution in [0.5, 0.6) is 0 Å². The lowest BCUT2D eigenvalue weighted by molar-refractivity contribution is 0.0553. The number of piperidine rings is 1. The first-order valence-corrected chi connectivity index (χ1v) is 15.0. The van der Waals surface area contributed by atoms with Gasteiger partial charge in [-0.2, -0.15) is 0 Å². The van der Waals surface area contributed by atoms with Crippen molar-refractivity contribution in [1.82, 2.24) is 4.90 Å². The smallest absolute Gasteiger partial charge is 0.411 e. The molecule has 3 fully saturated rings. The van der Waals surface area contributed by atoms with E-state index in [1.165, 1.54) is 95.5 Å². The fraction of sp³-hybridized carbons (Fsp3) is 0.774. The number of nitrogens with zero attached hydrogens (tertiary/aromatic N) is 1. The first-order valence-electron chi connectivity index (χ1n) is 15.0. The van der Waals surface area contributed by atoms with Crippen LogP contribution in [-0.2, 0) is 11.2 Å². The number of hydrogen-bond acceptors (Lipinski definition) is 3. The van der Waals surface area contributed by atoms with Gasteiger partial charge in [-0.25, -0.2) is 4.79 Å². The van der Waals surface area contributed by atoms with E-state index in [1.807, 2.05) is 18.2 Å². The van der Waals surface area contributed by atoms with Crippen LogP contribution >= 0.6 is 0 Å². The lowest BCUT2D eigenvalue weighted by Gasteiger charge is -2.43. The molecule has 0 radical (unpaired) electrons. The second kappa shape index (κ2) is 14.3. The number of carbonyl (C=O) groups is 1. The molecule has 1 atom stereocenters. The number of hydrogen-bond donors (Lipinski definition) is 1. The molecule has 1 N–H and O–H groups in total. The van der Waals surface area contributed by atoms with Gasteiger partial charge in [-0.05, 0) is 61.6 Å². The largest absolute Gasteiger partial charge is 0.448 e. The molecular weight excluding hydrogens is 432 g/mol. The summed E-state index contributed by atoms with van der Waals surface area (Å²) >= 11 is 0. The number of ether oxygens (including phenoxy) is 1. The lowest BCUT2D eigenvalue weighted by Crippen LogP contribution is -2.44. The molecule has 3 aliphatic rings. The second-order valence-electron chi connectivity index (χ2n) is 11.5. The summed E-state index contributed by atoms with van der Waals surface area (Å²) in [5, 5.41) is 2.98. The summed E-state index contributed by atoms with van der Waals surface area (Å²) in [6, 6.07) is 8.75. The molecule has 2 aliphatic carbocycles. The van der Waals surface area contributed by atoms with Gasteiger partial charge in [0.1, 0.15) is 6.61 Å². The molecule has 1 unspecified atom stereocenters. The van der Waals surface area contributed by atoms with Crippen molar-refractivity contribution in [2.45, 2.75) is 116 Å². The van der Waals surface area contributed by atoms with Crippen molar-refractivity contribution in [3.8, 4) is 0 Å². The number of carbonyl (C=O) groups excluding carboxylic acids is 1. The van der Waals surface area contributed by atoms with E-state index in [1.54, 1.807) is 0 Å². The number of anilines is 1. The summed E-state index contributed by atoms with van der Waals surface area (Å²) in [5.41, 5.74) is 2.07. The van der Waals surface area contributed by atoms with Crippen LogP contribution < -0.4 is 5.32 Å². The third-order valence-corrected chi connectivity index (χ3v) is 9.19. The van der Waals surface area contributed by atoms with E-state index in [0.717, 1.165) is 49.4 Å². The van der Waals surface area contributed by atoms with Gasteiger partial charge in [-0.3, -0.25) is 10.2 Å². The monoisotopic (exact) mass is 482 g/mol. The standard InChI is InChI=1S/C31H50N2O2/c1-2-13-27-18-9-10-20-30(27)32-31(34)35-23-22-33-21-12-11-19-28(33)24-29(25-14-5-3-6-15-25)26-16-7-4-8-17-26/h9-10,18,20,25-26,28-29H,2-8,11-17,19,21-24H2,1H3,(H,32,34). The minimum Gasteiger partial charge on any atom is -0.448 e. The molecule has 1 aliphatic heterocycles. The molecule has 4 nitrogen and oxygen atoms in total. The third-order valence-electron chi connectivity index (χ3n) is 9.19. The number of likely N-dealkylation sites (tertiary alicyclic amines) is 1. The number of para-hydroxylation sites is 1. The molecule has 4 heteroatoms. The van der Waals surface area contributed by atoms with Crippen LogP contribution in [0.15, 0.2) is 24.3 Å². The zero-order chi connectivity index (χ0) is 24.3. The van der Waals surface area contributed by atoms with Gasteiger partial charge in [-0.15, -0.1) is 0 Å². The van der Waals surface area contributed by atoms with E-state index in [-0.39, 0.29) is 6.09 Å². The summed E-state index contributed by atoms with van der Waals surface area (Å²) in [7, 11) is 0. The predicted octanol–water partition coefficient (Wildman–Crippen LogP) is 8.21. The van der Waals surface area contributed by atoms with Crippen molar-refractivity contribution >= 4 is 11.8 Å². The molecule has 1 amide bonds. The molecule has 196 valence electrons. The Morgan fingerprint density at radius 2 is 1.60 bits per heavy atom. The Balaban J connectivity index is 1.30. The maximum absolute atomic E-state index is 12.5. The highest BCUT2D eigenvalue weighted by Crippen LogP contribution is 2.43. The van der Waals surface area contributed by atoms with E-state index in [0.29, 0.717) is 12.6 Å². The molecule has 1 aromatic carbocycles. The Morgan fingerprint density at radius 1 is 0.943 bits per heavy atom. The van der Waals surface area contributed by atoms with E-state index < -0.39 is 0 Å². The molecule has 2 saturated carbocycles. The summed E-state index contributed by atoms with van der Waals surface area (Å²) in [6.07, 6.45) is 21.6. The van der Waals surface area contributed by atoms with Crippen LogP contribution in [-0.4, -0.2) is 36.7 Å². The minimum atomic E-state index is -0.315. The maximum Gasteiger partial charge on any atom is 0.411 e. The fourth-order valence-corrected chi connectivity index (χ4v) is 7.36. The molecule has 1 heterocycles. The van der Waals surface area contributed by atoms with Gasteiger partial charge in [0.2, 0.25) is 0 Å². The van der Waals surface area contributed by atoms with Gasteiger partial charge in [0.25, 0.3) is 0 Å². The van der Waals surface area contributed by atoms with E-state index in [4.69, 9.17) is 4.74 Å². The Morgan fingerprint density at radius 3 is 2.29 bits per heavy atom. The molecule has 1 saturated heterocycles. The summed E-state index contributed by atoms with van der Waals surface area (Å²) in [4.78, 5) is 15.2. The fourth-order valence-electron chi connectivity index (χ4n) is 7.36. The molecule has 35 heavy (non-hydrogen) atoms. The van der Waals surface area contributed by atoms with Crippen molar-refractivity contribution in [2.24, 2.45) is 17.8 Å². The first-order chi connectivity index (χ1) is 17.2. The third kappa shape index (κ3) is 7.97. The Kier molecular flexibility index (Phi) is 10.8. The zero-order valence-electron chi connectivity index (χ0n) is 22.3. The highest BCUT2D eigenvalue weighted by molar-refractivity contribution is 5.85. The van der Waals surface area contributed by atoms with Crippen molar-refractivity contribution in [3.05, 3.63) is 29.8 Å². The number of amides is 1. The van der Waals surface area contributed by atoms with Crippen LogP contribution in [0.1, 0.15) is 109 Å². The number of benzene rings is 1. The van der Waals surface area contributed by atoms with Crippen LogP contribution in [0, 0.1) is 17.8 Å². The molecule has 0 aromatic heterocycles. The predicted molar refractivity (Wildman–Crippen MR) is 146 cm³/mol. The van der Waals surface area contributed by atoms with Crippen molar-refractivity contribution in [3.63, 3.8) is 0 Å². The van der Waals surface area contributed by atoms with Crippen molar-refractivity contribution < 1.29 is 9.53 Å². The highest BCUT2D eigenvalue weighted by atomic mass is 16.5. The van der Waals surface area contributed by atoms with Gasteiger partial charge in [-0.1, -0.05) is 102 Å². The Labute approximate surface area is 214 Å².